The Hall–Kier alpha value is -3.51. The molecule has 4 rings (SSSR count). The van der Waals surface area contributed by atoms with Crippen molar-refractivity contribution in [1.82, 2.24) is 25.3 Å². The largest absolute Gasteiger partial charge is 0.348 e. The first-order valence-corrected chi connectivity index (χ1v) is 10.5. The summed E-state index contributed by atoms with van der Waals surface area (Å²) in [6.45, 7) is 1.99. The third kappa shape index (κ3) is 4.98. The molecule has 0 radical (unpaired) electrons. The fourth-order valence-corrected chi connectivity index (χ4v) is 3.48. The van der Waals surface area contributed by atoms with Gasteiger partial charge in [-0.1, -0.05) is 47.1 Å². The first-order chi connectivity index (χ1) is 15.1. The summed E-state index contributed by atoms with van der Waals surface area (Å²) in [6, 6.07) is 21.1. The number of nitrogens with one attached hydrogen (secondary N) is 1. The molecule has 4 aromatic rings. The van der Waals surface area contributed by atoms with Gasteiger partial charge in [0.05, 0.1) is 5.69 Å². The minimum absolute atomic E-state index is 0.0184. The number of carbonyl (C=O) groups excluding carboxylic acids is 1. The Morgan fingerprint density at radius 2 is 1.84 bits per heavy atom. The Balaban J connectivity index is 1.58. The Kier molecular flexibility index (Phi) is 6.38. The van der Waals surface area contributed by atoms with Gasteiger partial charge >= 0.3 is 0 Å². The summed E-state index contributed by atoms with van der Waals surface area (Å²) in [5.74, 6) is -0.264. The zero-order valence-corrected chi connectivity index (χ0v) is 17.8. The third-order valence-electron chi connectivity index (χ3n) is 4.98. The van der Waals surface area contributed by atoms with E-state index in [-0.39, 0.29) is 17.6 Å². The van der Waals surface area contributed by atoms with Crippen LogP contribution in [0, 0.1) is 0 Å². The van der Waals surface area contributed by atoms with Gasteiger partial charge < -0.3 is 5.32 Å². The lowest BCUT2D eigenvalue weighted by atomic mass is 10.1. The standard InChI is InChI=1S/C24H22ClN5O/c1-17(9-10-18-6-3-2-4-7-18)27-24(31)22-23(19-8-5-15-26-16-19)30(29-28-22)21-13-11-20(25)12-14-21/h2-8,11-17H,9-10H2,1H3,(H,27,31)/t17-/m1/s1. The number of benzene rings is 2. The summed E-state index contributed by atoms with van der Waals surface area (Å²) in [5.41, 5.74) is 3.60. The monoisotopic (exact) mass is 431 g/mol. The molecule has 0 aliphatic carbocycles. The van der Waals surface area contributed by atoms with Gasteiger partial charge in [-0.2, -0.15) is 0 Å². The van der Waals surface area contributed by atoms with Crippen LogP contribution in [0.2, 0.25) is 5.02 Å². The molecule has 2 heterocycles. The van der Waals surface area contributed by atoms with Gasteiger partial charge in [-0.25, -0.2) is 4.68 Å². The van der Waals surface area contributed by atoms with E-state index in [2.05, 4.69) is 32.7 Å². The average Bonchev–Trinajstić information content (AvgIpc) is 3.25. The summed E-state index contributed by atoms with van der Waals surface area (Å²) in [4.78, 5) is 17.3. The van der Waals surface area contributed by atoms with E-state index in [0.717, 1.165) is 24.1 Å². The van der Waals surface area contributed by atoms with Crippen LogP contribution in [0.4, 0.5) is 0 Å². The molecule has 1 atom stereocenters. The van der Waals surface area contributed by atoms with Crippen molar-refractivity contribution in [3.63, 3.8) is 0 Å². The molecule has 0 saturated heterocycles. The maximum atomic E-state index is 13.1. The Morgan fingerprint density at radius 1 is 1.06 bits per heavy atom. The van der Waals surface area contributed by atoms with Crippen molar-refractivity contribution in [2.75, 3.05) is 0 Å². The van der Waals surface area contributed by atoms with E-state index in [1.54, 1.807) is 29.2 Å². The second-order valence-electron chi connectivity index (χ2n) is 7.32. The molecule has 1 N–H and O–H groups in total. The predicted molar refractivity (Wildman–Crippen MR) is 121 cm³/mol. The predicted octanol–water partition coefficient (Wildman–Crippen LogP) is 4.73. The van der Waals surface area contributed by atoms with E-state index in [1.807, 2.05) is 49.4 Å². The molecular formula is C24H22ClN5O. The van der Waals surface area contributed by atoms with Crippen LogP contribution in [0.25, 0.3) is 16.9 Å². The number of hydrogen-bond donors (Lipinski definition) is 1. The number of halogens is 1. The summed E-state index contributed by atoms with van der Waals surface area (Å²) in [5, 5.41) is 12.1. The Labute approximate surface area is 185 Å². The smallest absolute Gasteiger partial charge is 0.274 e. The number of aromatic nitrogens is 4. The van der Waals surface area contributed by atoms with Gasteiger partial charge in [-0.3, -0.25) is 9.78 Å². The van der Waals surface area contributed by atoms with Crippen molar-refractivity contribution in [2.24, 2.45) is 0 Å². The second-order valence-corrected chi connectivity index (χ2v) is 7.75. The molecule has 0 unspecified atom stereocenters. The van der Waals surface area contributed by atoms with Crippen LogP contribution in [-0.4, -0.2) is 31.9 Å². The highest BCUT2D eigenvalue weighted by Crippen LogP contribution is 2.25. The van der Waals surface area contributed by atoms with E-state index in [1.165, 1.54) is 5.56 Å². The van der Waals surface area contributed by atoms with Crippen molar-refractivity contribution >= 4 is 17.5 Å². The minimum atomic E-state index is -0.264. The fraction of sp³-hybridized carbons (Fsp3) is 0.167. The van der Waals surface area contributed by atoms with Crippen molar-refractivity contribution in [1.29, 1.82) is 0 Å². The molecule has 6 nitrogen and oxygen atoms in total. The van der Waals surface area contributed by atoms with Gasteiger partial charge in [0.1, 0.15) is 5.69 Å². The van der Waals surface area contributed by atoms with E-state index in [9.17, 15) is 4.79 Å². The molecule has 2 aromatic heterocycles. The van der Waals surface area contributed by atoms with Gasteiger partial charge in [0, 0.05) is 29.0 Å². The molecule has 1 amide bonds. The lowest BCUT2D eigenvalue weighted by Crippen LogP contribution is -2.33. The number of rotatable bonds is 7. The number of pyridine rings is 1. The van der Waals surface area contributed by atoms with E-state index in [4.69, 9.17) is 11.6 Å². The van der Waals surface area contributed by atoms with Crippen molar-refractivity contribution in [3.8, 4) is 16.9 Å². The summed E-state index contributed by atoms with van der Waals surface area (Å²) in [6.07, 6.45) is 5.09. The molecule has 0 bridgehead atoms. The van der Waals surface area contributed by atoms with Gasteiger partial charge in [0.25, 0.3) is 5.91 Å². The lowest BCUT2D eigenvalue weighted by Gasteiger charge is -2.14. The molecule has 0 spiro atoms. The van der Waals surface area contributed by atoms with Crippen LogP contribution in [0.5, 0.6) is 0 Å². The number of aryl methyl sites for hydroxylation is 1. The van der Waals surface area contributed by atoms with Crippen molar-refractivity contribution < 1.29 is 4.79 Å². The first-order valence-electron chi connectivity index (χ1n) is 10.1. The lowest BCUT2D eigenvalue weighted by molar-refractivity contribution is 0.0934. The maximum Gasteiger partial charge on any atom is 0.274 e. The molecule has 7 heteroatoms. The summed E-state index contributed by atoms with van der Waals surface area (Å²) in [7, 11) is 0. The van der Waals surface area contributed by atoms with Gasteiger partial charge in [-0.05, 0) is 61.7 Å². The second kappa shape index (κ2) is 9.53. The number of amides is 1. The summed E-state index contributed by atoms with van der Waals surface area (Å²) < 4.78 is 1.64. The van der Waals surface area contributed by atoms with Crippen molar-refractivity contribution in [2.45, 2.75) is 25.8 Å². The number of nitrogens with zero attached hydrogens (tertiary/aromatic N) is 4. The number of carbonyl (C=O) groups is 1. The van der Waals surface area contributed by atoms with Gasteiger partial charge in [-0.15, -0.1) is 5.10 Å². The summed E-state index contributed by atoms with van der Waals surface area (Å²) >= 11 is 6.02. The SMILES string of the molecule is C[C@H](CCc1ccccc1)NC(=O)c1nnn(-c2ccc(Cl)cc2)c1-c1cccnc1. The molecule has 0 fully saturated rings. The van der Waals surface area contributed by atoms with Crippen LogP contribution < -0.4 is 5.32 Å². The molecule has 31 heavy (non-hydrogen) atoms. The zero-order valence-electron chi connectivity index (χ0n) is 17.1. The van der Waals surface area contributed by atoms with E-state index < -0.39 is 0 Å². The van der Waals surface area contributed by atoms with E-state index >= 15 is 0 Å². The van der Waals surface area contributed by atoms with Crippen molar-refractivity contribution in [3.05, 3.63) is 95.4 Å². The Morgan fingerprint density at radius 3 is 2.55 bits per heavy atom. The average molecular weight is 432 g/mol. The number of hydrogen-bond acceptors (Lipinski definition) is 4. The molecule has 2 aromatic carbocycles. The maximum absolute atomic E-state index is 13.1. The highest BCUT2D eigenvalue weighted by molar-refractivity contribution is 6.30. The van der Waals surface area contributed by atoms with E-state index in [0.29, 0.717) is 10.7 Å². The zero-order chi connectivity index (χ0) is 21.6. The highest BCUT2D eigenvalue weighted by Gasteiger charge is 2.23. The quantitative estimate of drug-likeness (QED) is 0.459. The van der Waals surface area contributed by atoms with Crippen LogP contribution in [-0.2, 0) is 6.42 Å². The normalized spacial score (nSPS) is 11.8. The topological polar surface area (TPSA) is 72.7 Å². The molecule has 0 aliphatic rings. The first kappa shape index (κ1) is 20.8. The highest BCUT2D eigenvalue weighted by atomic mass is 35.5. The minimum Gasteiger partial charge on any atom is -0.348 e. The third-order valence-corrected chi connectivity index (χ3v) is 5.23. The van der Waals surface area contributed by atoms with Crippen LogP contribution >= 0.6 is 11.6 Å². The fourth-order valence-electron chi connectivity index (χ4n) is 3.35. The van der Waals surface area contributed by atoms with Crippen LogP contribution in [0.15, 0.2) is 79.1 Å². The van der Waals surface area contributed by atoms with Gasteiger partial charge in [0.15, 0.2) is 5.69 Å². The molecular weight excluding hydrogens is 410 g/mol. The van der Waals surface area contributed by atoms with Crippen LogP contribution in [0.1, 0.15) is 29.4 Å². The molecule has 0 saturated carbocycles. The van der Waals surface area contributed by atoms with Gasteiger partial charge in [0.2, 0.25) is 0 Å². The molecule has 0 aliphatic heterocycles. The van der Waals surface area contributed by atoms with Crippen LogP contribution in [0.3, 0.4) is 0 Å². The molecule has 156 valence electrons. The Bertz CT molecular complexity index is 1140.